The number of ketones is 1. The summed E-state index contributed by atoms with van der Waals surface area (Å²) in [6.45, 7) is 1.61. The van der Waals surface area contributed by atoms with Crippen LogP contribution < -0.4 is 20.7 Å². The zero-order valence-corrected chi connectivity index (χ0v) is 17.9. The maximum atomic E-state index is 12.2. The van der Waals surface area contributed by atoms with Crippen LogP contribution in [0.3, 0.4) is 0 Å². The average molecular weight is 439 g/mol. The highest BCUT2D eigenvalue weighted by atomic mass is 32.1. The Kier molecular flexibility index (Phi) is 7.34. The number of carbonyl (C=O) groups excluding carboxylic acids is 3. The van der Waals surface area contributed by atoms with E-state index in [4.69, 9.17) is 4.74 Å². The first-order valence-electron chi connectivity index (χ1n) is 9.52. The fourth-order valence-electron chi connectivity index (χ4n) is 2.72. The summed E-state index contributed by atoms with van der Waals surface area (Å²) in [5, 5.41) is 8.34. The van der Waals surface area contributed by atoms with Crippen LogP contribution >= 0.6 is 11.3 Å². The van der Waals surface area contributed by atoms with Crippen molar-refractivity contribution in [2.75, 3.05) is 24.3 Å². The van der Waals surface area contributed by atoms with Gasteiger partial charge in [-0.3, -0.25) is 9.59 Å². The van der Waals surface area contributed by atoms with Gasteiger partial charge in [-0.15, -0.1) is 0 Å². The summed E-state index contributed by atoms with van der Waals surface area (Å²) in [4.78, 5) is 41.1. The minimum atomic E-state index is -0.419. The molecule has 1 aromatic heterocycles. The van der Waals surface area contributed by atoms with E-state index < -0.39 is 6.03 Å². The highest BCUT2D eigenvalue weighted by molar-refractivity contribution is 7.18. The van der Waals surface area contributed by atoms with Gasteiger partial charge in [0.1, 0.15) is 5.75 Å². The summed E-state index contributed by atoms with van der Waals surface area (Å²) in [5.41, 5.74) is 1.96. The lowest BCUT2D eigenvalue weighted by Gasteiger charge is -2.08. The molecule has 2 aromatic carbocycles. The van der Waals surface area contributed by atoms with Crippen LogP contribution in [0.15, 0.2) is 54.6 Å². The molecule has 0 atom stereocenters. The number of anilines is 2. The van der Waals surface area contributed by atoms with Crippen molar-refractivity contribution in [2.45, 2.75) is 13.3 Å². The second kappa shape index (κ2) is 10.4. The monoisotopic (exact) mass is 438 g/mol. The fraction of sp³-hybridized carbons (Fsp3) is 0.182. The van der Waals surface area contributed by atoms with Gasteiger partial charge in [0.25, 0.3) is 0 Å². The normalized spacial score (nSPS) is 10.3. The lowest BCUT2D eigenvalue weighted by atomic mass is 10.1. The Labute approximate surface area is 183 Å². The van der Waals surface area contributed by atoms with E-state index in [1.165, 1.54) is 6.92 Å². The number of hydrogen-bond acceptors (Lipinski definition) is 6. The number of aromatic nitrogens is 1. The molecule has 0 aliphatic carbocycles. The first kappa shape index (κ1) is 22.0. The molecule has 0 spiro atoms. The van der Waals surface area contributed by atoms with Crippen LogP contribution in [0.5, 0.6) is 5.75 Å². The molecule has 0 unspecified atom stereocenters. The molecule has 3 rings (SSSR count). The molecule has 3 amide bonds. The lowest BCUT2D eigenvalue weighted by Crippen LogP contribution is -2.31. The second-order valence-corrected chi connectivity index (χ2v) is 7.53. The van der Waals surface area contributed by atoms with E-state index in [0.717, 1.165) is 16.9 Å². The van der Waals surface area contributed by atoms with Crippen LogP contribution in [0.2, 0.25) is 0 Å². The largest absolute Gasteiger partial charge is 0.497 e. The number of hydrogen-bond donors (Lipinski definition) is 3. The molecule has 160 valence electrons. The van der Waals surface area contributed by atoms with Gasteiger partial charge in [-0.1, -0.05) is 41.7 Å². The summed E-state index contributed by atoms with van der Waals surface area (Å²) >= 11 is 1.13. The van der Waals surface area contributed by atoms with Gasteiger partial charge < -0.3 is 20.7 Å². The van der Waals surface area contributed by atoms with E-state index in [0.29, 0.717) is 27.1 Å². The molecule has 3 aromatic rings. The van der Waals surface area contributed by atoms with Crippen LogP contribution in [0.1, 0.15) is 23.0 Å². The van der Waals surface area contributed by atoms with Crippen LogP contribution in [-0.2, 0) is 4.79 Å². The Balaban J connectivity index is 1.51. The van der Waals surface area contributed by atoms with Crippen LogP contribution in [0, 0.1) is 0 Å². The Hall–Kier alpha value is -3.72. The number of nitrogens with zero attached hydrogens (tertiary/aromatic N) is 1. The average Bonchev–Trinajstić information content (AvgIpc) is 3.19. The Morgan fingerprint density at radius 2 is 1.71 bits per heavy atom. The lowest BCUT2D eigenvalue weighted by molar-refractivity contribution is -0.116. The molecule has 0 aliphatic rings. The number of urea groups is 1. The predicted octanol–water partition coefficient (Wildman–Crippen LogP) is 4.17. The van der Waals surface area contributed by atoms with Gasteiger partial charge in [-0.25, -0.2) is 9.78 Å². The molecule has 0 radical (unpaired) electrons. The number of rotatable bonds is 8. The van der Waals surface area contributed by atoms with E-state index in [1.54, 1.807) is 31.4 Å². The van der Waals surface area contributed by atoms with Crippen molar-refractivity contribution < 1.29 is 19.1 Å². The third-order valence-corrected chi connectivity index (χ3v) is 5.30. The van der Waals surface area contributed by atoms with E-state index in [1.807, 2.05) is 30.3 Å². The number of methoxy groups -OCH3 is 1. The first-order chi connectivity index (χ1) is 15.0. The van der Waals surface area contributed by atoms with Gasteiger partial charge in [0.05, 0.1) is 17.7 Å². The van der Waals surface area contributed by atoms with Crippen molar-refractivity contribution in [3.8, 4) is 17.0 Å². The summed E-state index contributed by atoms with van der Waals surface area (Å²) in [5.74, 6) is 0.259. The number of benzene rings is 2. The molecule has 9 heteroatoms. The highest BCUT2D eigenvalue weighted by Gasteiger charge is 2.17. The number of ether oxygens (including phenoxy) is 1. The third-order valence-electron chi connectivity index (χ3n) is 4.23. The molecular formula is C22H22N4O4S. The standard InChI is InChI=1S/C22H22N4O4S/c1-14(27)20-19(15-6-4-3-5-7-15)26-22(31-20)25-18(28)12-13-23-21(29)24-16-8-10-17(30-2)11-9-16/h3-11H,12-13H2,1-2H3,(H2,23,24,29)(H,25,26,28). The van der Waals surface area contributed by atoms with Gasteiger partial charge in [0, 0.05) is 31.1 Å². The predicted molar refractivity (Wildman–Crippen MR) is 121 cm³/mol. The quantitative estimate of drug-likeness (QED) is 0.457. The van der Waals surface area contributed by atoms with Crippen molar-refractivity contribution in [3.63, 3.8) is 0 Å². The molecule has 31 heavy (non-hydrogen) atoms. The minimum absolute atomic E-state index is 0.0612. The minimum Gasteiger partial charge on any atom is -0.497 e. The topological polar surface area (TPSA) is 109 Å². The van der Waals surface area contributed by atoms with Gasteiger partial charge >= 0.3 is 6.03 Å². The SMILES string of the molecule is COc1ccc(NC(=O)NCCC(=O)Nc2nc(-c3ccccc3)c(C(C)=O)s2)cc1. The van der Waals surface area contributed by atoms with Gasteiger partial charge in [0.15, 0.2) is 10.9 Å². The van der Waals surface area contributed by atoms with Crippen LogP contribution in [0.4, 0.5) is 15.6 Å². The Bertz CT molecular complexity index is 1060. The number of nitrogens with one attached hydrogen (secondary N) is 3. The zero-order valence-electron chi connectivity index (χ0n) is 17.1. The fourth-order valence-corrected chi connectivity index (χ4v) is 3.62. The molecule has 8 nitrogen and oxygen atoms in total. The van der Waals surface area contributed by atoms with Crippen molar-refractivity contribution in [1.29, 1.82) is 0 Å². The number of amides is 3. The number of Topliss-reactive ketones (excluding diaryl/α,β-unsaturated/α-hetero) is 1. The first-order valence-corrected chi connectivity index (χ1v) is 10.3. The smallest absolute Gasteiger partial charge is 0.319 e. The summed E-state index contributed by atoms with van der Waals surface area (Å²) in [6.07, 6.45) is 0.0612. The van der Waals surface area contributed by atoms with Gasteiger partial charge in [-0.05, 0) is 24.3 Å². The van der Waals surface area contributed by atoms with E-state index in [-0.39, 0.29) is 24.7 Å². The van der Waals surface area contributed by atoms with E-state index in [2.05, 4.69) is 20.9 Å². The summed E-state index contributed by atoms with van der Waals surface area (Å²) in [7, 11) is 1.56. The van der Waals surface area contributed by atoms with Crippen molar-refractivity contribution in [3.05, 3.63) is 59.5 Å². The maximum Gasteiger partial charge on any atom is 0.319 e. The van der Waals surface area contributed by atoms with Gasteiger partial charge in [0.2, 0.25) is 5.91 Å². The number of carbonyl (C=O) groups is 3. The summed E-state index contributed by atoms with van der Waals surface area (Å²) < 4.78 is 5.07. The second-order valence-electron chi connectivity index (χ2n) is 6.53. The zero-order chi connectivity index (χ0) is 22.2. The highest BCUT2D eigenvalue weighted by Crippen LogP contribution is 2.31. The Morgan fingerprint density at radius 1 is 1.00 bits per heavy atom. The van der Waals surface area contributed by atoms with Crippen LogP contribution in [-0.4, -0.2) is 36.4 Å². The third kappa shape index (κ3) is 6.13. The van der Waals surface area contributed by atoms with Crippen molar-refractivity contribution in [2.24, 2.45) is 0 Å². The van der Waals surface area contributed by atoms with Gasteiger partial charge in [-0.2, -0.15) is 0 Å². The molecule has 0 aliphatic heterocycles. The van der Waals surface area contributed by atoms with E-state index >= 15 is 0 Å². The molecule has 1 heterocycles. The number of thiazole rings is 1. The summed E-state index contributed by atoms with van der Waals surface area (Å²) in [6, 6.07) is 15.8. The molecule has 0 bridgehead atoms. The molecule has 0 saturated carbocycles. The maximum absolute atomic E-state index is 12.2. The molecular weight excluding hydrogens is 416 g/mol. The molecule has 0 fully saturated rings. The molecule has 0 saturated heterocycles. The van der Waals surface area contributed by atoms with E-state index in [9.17, 15) is 14.4 Å². The molecule has 3 N–H and O–H groups in total. The van der Waals surface area contributed by atoms with Crippen molar-refractivity contribution in [1.82, 2.24) is 10.3 Å². The Morgan fingerprint density at radius 3 is 2.35 bits per heavy atom. The van der Waals surface area contributed by atoms with Crippen molar-refractivity contribution >= 4 is 39.9 Å². The van der Waals surface area contributed by atoms with Crippen LogP contribution in [0.25, 0.3) is 11.3 Å².